The summed E-state index contributed by atoms with van der Waals surface area (Å²) in [6, 6.07) is 6.27. The summed E-state index contributed by atoms with van der Waals surface area (Å²) in [7, 11) is 0. The maximum atomic E-state index is 12.8. The molecule has 7 heteroatoms. The standard InChI is InChI=1S/C33H30BrN4O.Zn/c1-17-9-18(2)31(19(3)10-17)32-28-14-24(20(4)39)26(37-28)12-23-16-33(5,6)30(36-23)13-22-8-7-21(35-22)11-27-25(34)15-29(32)38-27;/h7-15H,16H2,1-6H3,(H-,35,36,37,38,39);/q-1;+2/p-1. The molecule has 0 unspecified atom stereocenters. The molecule has 1 aromatic heterocycles. The largest absolute Gasteiger partial charge is 2.00 e. The first-order valence-corrected chi connectivity index (χ1v) is 13.9. The Morgan fingerprint density at radius 3 is 2.38 bits per heavy atom. The summed E-state index contributed by atoms with van der Waals surface area (Å²) < 4.78 is 0.875. The third-order valence-electron chi connectivity index (χ3n) is 7.50. The number of aromatic nitrogens is 1. The minimum absolute atomic E-state index is 0. The van der Waals surface area contributed by atoms with Gasteiger partial charge in [0.15, 0.2) is 0 Å². The van der Waals surface area contributed by atoms with Crippen LogP contribution in [0.25, 0.3) is 17.4 Å². The van der Waals surface area contributed by atoms with Crippen molar-refractivity contribution in [1.82, 2.24) is 4.98 Å². The molecule has 0 aliphatic carbocycles. The summed E-state index contributed by atoms with van der Waals surface area (Å²) in [5.41, 5.74) is 11.2. The molecule has 0 amide bonds. The number of halogens is 1. The van der Waals surface area contributed by atoms with Crippen LogP contribution in [0.2, 0.25) is 0 Å². The first-order valence-electron chi connectivity index (χ1n) is 13.1. The van der Waals surface area contributed by atoms with Crippen molar-refractivity contribution in [3.63, 3.8) is 0 Å². The van der Waals surface area contributed by atoms with Crippen LogP contribution in [0, 0.1) is 26.2 Å². The van der Waals surface area contributed by atoms with Crippen molar-refractivity contribution in [3.05, 3.63) is 109 Å². The number of aryl methyl sites for hydroxylation is 3. The van der Waals surface area contributed by atoms with Crippen molar-refractivity contribution >= 4 is 50.5 Å². The molecule has 4 aliphatic rings. The van der Waals surface area contributed by atoms with Crippen LogP contribution < -0.4 is 20.7 Å². The number of hydrogen-bond acceptors (Lipinski definition) is 4. The van der Waals surface area contributed by atoms with Gasteiger partial charge < -0.3 is 10.1 Å². The van der Waals surface area contributed by atoms with E-state index in [4.69, 9.17) is 20.0 Å². The summed E-state index contributed by atoms with van der Waals surface area (Å²) in [6.07, 6.45) is 12.8. The second-order valence-electron chi connectivity index (χ2n) is 11.3. The number of nitrogens with zero attached hydrogens (tertiary/aromatic N) is 4. The van der Waals surface area contributed by atoms with Crippen LogP contribution in [0.4, 0.5) is 0 Å². The predicted molar refractivity (Wildman–Crippen MR) is 162 cm³/mol. The van der Waals surface area contributed by atoms with Crippen molar-refractivity contribution in [2.75, 3.05) is 0 Å². The Hall–Kier alpha value is -3.15. The van der Waals surface area contributed by atoms with Gasteiger partial charge in [0, 0.05) is 27.7 Å². The van der Waals surface area contributed by atoms with Gasteiger partial charge in [0.25, 0.3) is 0 Å². The quantitative estimate of drug-likeness (QED) is 0.411. The number of rotatable bonds is 1. The van der Waals surface area contributed by atoms with E-state index in [0.29, 0.717) is 10.6 Å². The van der Waals surface area contributed by atoms with Gasteiger partial charge in [-0.1, -0.05) is 55.8 Å². The van der Waals surface area contributed by atoms with Crippen LogP contribution in [0.1, 0.15) is 55.1 Å². The Balaban J connectivity index is 0.00000323. The van der Waals surface area contributed by atoms with Gasteiger partial charge in [-0.2, -0.15) is 0 Å². The number of allylic oxidation sites excluding steroid dienone is 7. The molecule has 196 valence electrons. The molecule has 5 nitrogen and oxygen atoms in total. The second kappa shape index (κ2) is 10.4. The molecule has 0 atom stereocenters. The molecule has 1 aromatic carbocycles. The average Bonchev–Trinajstić information content (AvgIpc) is 3.59. The van der Waals surface area contributed by atoms with Gasteiger partial charge in [0.2, 0.25) is 0 Å². The van der Waals surface area contributed by atoms with E-state index in [1.807, 2.05) is 42.5 Å². The van der Waals surface area contributed by atoms with Crippen LogP contribution in [0.15, 0.2) is 85.1 Å². The average molecular weight is 643 g/mol. The van der Waals surface area contributed by atoms with E-state index in [2.05, 4.69) is 62.7 Å². The molecule has 5 heterocycles. The van der Waals surface area contributed by atoms with E-state index in [9.17, 15) is 5.11 Å². The van der Waals surface area contributed by atoms with Crippen LogP contribution in [-0.4, -0.2) is 17.1 Å². The maximum Gasteiger partial charge on any atom is 2.00 e. The third kappa shape index (κ3) is 5.06. The molecular weight excluding hydrogens is 614 g/mol. The zero-order chi connectivity index (χ0) is 27.6. The summed E-state index contributed by atoms with van der Waals surface area (Å²) in [5.74, 6) is -0.0258. The molecule has 40 heavy (non-hydrogen) atoms. The Labute approximate surface area is 255 Å². The number of aliphatic imine (C=N–C) groups is 3. The second-order valence-corrected chi connectivity index (χ2v) is 12.2. The van der Waals surface area contributed by atoms with Crippen molar-refractivity contribution in [2.45, 2.75) is 48.0 Å². The molecule has 4 aliphatic heterocycles. The van der Waals surface area contributed by atoms with Crippen LogP contribution in [-0.2, 0) is 19.5 Å². The zero-order valence-corrected chi connectivity index (χ0v) is 28.2. The Morgan fingerprint density at radius 2 is 1.68 bits per heavy atom. The summed E-state index contributed by atoms with van der Waals surface area (Å²) in [6.45, 7) is 12.3. The molecule has 8 bridgehead atoms. The minimum atomic E-state index is -0.160. The zero-order valence-electron chi connectivity index (χ0n) is 23.7. The van der Waals surface area contributed by atoms with Crippen molar-refractivity contribution < 1.29 is 24.6 Å². The Morgan fingerprint density at radius 1 is 0.950 bits per heavy atom. The molecule has 0 N–H and O–H groups in total. The smallest absolute Gasteiger partial charge is 0.875 e. The van der Waals surface area contributed by atoms with Crippen LogP contribution >= 0.6 is 15.9 Å². The molecule has 0 radical (unpaired) electrons. The number of fused-ring (bicyclic) bond motifs is 5. The van der Waals surface area contributed by atoms with E-state index < -0.39 is 0 Å². The Bertz CT molecular complexity index is 1830. The Kier molecular flexibility index (Phi) is 7.35. The molecule has 2 aromatic rings. The van der Waals surface area contributed by atoms with Gasteiger partial charge in [-0.15, -0.1) is 16.8 Å². The first kappa shape index (κ1) is 28.4. The molecule has 6 rings (SSSR count). The fourth-order valence-electron chi connectivity index (χ4n) is 5.75. The molecule has 0 fully saturated rings. The third-order valence-corrected chi connectivity index (χ3v) is 8.14. The summed E-state index contributed by atoms with van der Waals surface area (Å²) >= 11 is 3.74. The van der Waals surface area contributed by atoms with Gasteiger partial charge in [0.1, 0.15) is 0 Å². The van der Waals surface area contributed by atoms with Gasteiger partial charge in [-0.25, -0.2) is 9.98 Å². The van der Waals surface area contributed by atoms with E-state index in [0.717, 1.165) is 73.1 Å². The van der Waals surface area contributed by atoms with Crippen molar-refractivity contribution in [2.24, 2.45) is 20.4 Å². The molecular formula is C33H29BrN4OZn. The van der Waals surface area contributed by atoms with Gasteiger partial charge >= 0.3 is 19.5 Å². The number of benzene rings is 1. The fourth-order valence-corrected chi connectivity index (χ4v) is 6.17. The fraction of sp³-hybridized carbons (Fsp3) is 0.242. The van der Waals surface area contributed by atoms with Crippen LogP contribution in [0.5, 0.6) is 0 Å². The predicted octanol–water partition coefficient (Wildman–Crippen LogP) is 4.99. The first-order chi connectivity index (χ1) is 18.5. The minimum Gasteiger partial charge on any atom is -0.875 e. The van der Waals surface area contributed by atoms with Crippen molar-refractivity contribution in [3.8, 4) is 0 Å². The molecule has 0 saturated carbocycles. The topological polar surface area (TPSA) is 74.2 Å². The van der Waals surface area contributed by atoms with E-state index in [1.54, 1.807) is 6.92 Å². The summed E-state index contributed by atoms with van der Waals surface area (Å²) in [4.78, 5) is 19.9. The SMILES string of the molecule is C/C([O-])=c1/cc2[n-]c1=CC1=NC(=CC3=NC(=CC4=NC(=C2c2c(C)cc(C)cc2C)C=C4Br)C=C3)C(C)(C)C1.[Zn+2]. The maximum absolute atomic E-state index is 12.8. The summed E-state index contributed by atoms with van der Waals surface area (Å²) in [5, 5.41) is 14.1. The molecule has 0 saturated heterocycles. The normalized spacial score (nSPS) is 19.7. The molecule has 0 spiro atoms. The number of hydrogen-bond donors (Lipinski definition) is 0. The van der Waals surface area contributed by atoms with Crippen LogP contribution in [0.3, 0.4) is 0 Å². The van der Waals surface area contributed by atoms with Gasteiger partial charge in [-0.05, 0) is 89.3 Å². The van der Waals surface area contributed by atoms with Crippen molar-refractivity contribution in [1.29, 1.82) is 0 Å². The van der Waals surface area contributed by atoms with E-state index in [1.165, 1.54) is 5.56 Å². The van der Waals surface area contributed by atoms with E-state index in [-0.39, 0.29) is 30.7 Å². The monoisotopic (exact) mass is 640 g/mol. The van der Waals surface area contributed by atoms with E-state index >= 15 is 0 Å². The van der Waals surface area contributed by atoms with Gasteiger partial charge in [0.05, 0.1) is 22.8 Å². The van der Waals surface area contributed by atoms with Gasteiger partial charge in [-0.3, -0.25) is 4.99 Å².